The Bertz CT molecular complexity index is 463. The predicted octanol–water partition coefficient (Wildman–Crippen LogP) is 1.18. The number of carbonyl (C=O) groups excluding carboxylic acids is 1. The van der Waals surface area contributed by atoms with Crippen molar-refractivity contribution in [3.63, 3.8) is 0 Å². The third-order valence-electron chi connectivity index (χ3n) is 3.58. The lowest BCUT2D eigenvalue weighted by Gasteiger charge is -2.28. The Labute approximate surface area is 110 Å². The van der Waals surface area contributed by atoms with Crippen LogP contribution in [0, 0.1) is 10.1 Å². The molecule has 0 aliphatic heterocycles. The third-order valence-corrected chi connectivity index (χ3v) is 3.58. The maximum absolute atomic E-state index is 11.9. The van der Waals surface area contributed by atoms with Gasteiger partial charge in [0.05, 0.1) is 0 Å². The van der Waals surface area contributed by atoms with Gasteiger partial charge in [-0.2, -0.15) is 0 Å². The van der Waals surface area contributed by atoms with Gasteiger partial charge in [0.1, 0.15) is 0 Å². The first-order valence-corrected chi connectivity index (χ1v) is 6.41. The Morgan fingerprint density at radius 1 is 1.32 bits per heavy atom. The van der Waals surface area contributed by atoms with E-state index in [0.29, 0.717) is 6.04 Å². The average Bonchev–Trinajstić information content (AvgIpc) is 2.89. The first kappa shape index (κ1) is 13.5. The molecule has 1 aromatic heterocycles. The number of carbonyl (C=O) groups is 1. The second kappa shape index (κ2) is 5.83. The highest BCUT2D eigenvalue weighted by molar-refractivity contribution is 5.93. The molecular formula is C12H18N4O3. The quantitative estimate of drug-likeness (QED) is 0.562. The van der Waals surface area contributed by atoms with Crippen molar-refractivity contribution in [2.75, 3.05) is 7.05 Å². The molecule has 0 bridgehead atoms. The van der Waals surface area contributed by atoms with Crippen LogP contribution in [0.4, 0.5) is 5.82 Å². The lowest BCUT2D eigenvalue weighted by molar-refractivity contribution is -0.389. The maximum atomic E-state index is 11.9. The van der Waals surface area contributed by atoms with Crippen LogP contribution in [0.1, 0.15) is 36.2 Å². The number of hydrogen-bond acceptors (Lipinski definition) is 4. The van der Waals surface area contributed by atoms with Gasteiger partial charge in [-0.25, -0.2) is 4.98 Å². The fourth-order valence-electron chi connectivity index (χ4n) is 2.41. The standard InChI is InChI=1S/C12H18N4O3/c1-13-8-2-4-9(5-3-8)14-12(17)10-6-7-11(15-10)16(18)19/h6-9,13,15H,2-5H2,1H3,(H,14,17). The summed E-state index contributed by atoms with van der Waals surface area (Å²) in [6, 6.07) is 3.42. The van der Waals surface area contributed by atoms with Crippen molar-refractivity contribution >= 4 is 11.7 Å². The summed E-state index contributed by atoms with van der Waals surface area (Å²) >= 11 is 0. The van der Waals surface area contributed by atoms with Crippen LogP contribution in [-0.4, -0.2) is 34.9 Å². The van der Waals surface area contributed by atoms with Gasteiger partial charge in [0.25, 0.3) is 5.91 Å². The van der Waals surface area contributed by atoms with E-state index < -0.39 is 4.92 Å². The summed E-state index contributed by atoms with van der Waals surface area (Å²) < 4.78 is 0. The molecule has 7 nitrogen and oxygen atoms in total. The van der Waals surface area contributed by atoms with Gasteiger partial charge in [-0.15, -0.1) is 0 Å². The number of rotatable bonds is 4. The van der Waals surface area contributed by atoms with Crippen molar-refractivity contribution in [3.05, 3.63) is 27.9 Å². The molecule has 0 unspecified atom stereocenters. The molecule has 104 valence electrons. The number of aromatic nitrogens is 1. The normalized spacial score (nSPS) is 23.0. The van der Waals surface area contributed by atoms with Crippen molar-refractivity contribution in [1.82, 2.24) is 15.6 Å². The molecule has 2 rings (SSSR count). The van der Waals surface area contributed by atoms with E-state index in [4.69, 9.17) is 0 Å². The summed E-state index contributed by atoms with van der Waals surface area (Å²) in [4.78, 5) is 24.4. The Morgan fingerprint density at radius 3 is 2.47 bits per heavy atom. The van der Waals surface area contributed by atoms with E-state index >= 15 is 0 Å². The molecule has 0 saturated heterocycles. The van der Waals surface area contributed by atoms with Crippen LogP contribution in [0.15, 0.2) is 12.1 Å². The van der Waals surface area contributed by atoms with E-state index in [1.807, 2.05) is 7.05 Å². The topological polar surface area (TPSA) is 100 Å². The van der Waals surface area contributed by atoms with Crippen LogP contribution in [0.5, 0.6) is 0 Å². The number of nitrogens with zero attached hydrogens (tertiary/aromatic N) is 1. The number of nitrogens with one attached hydrogen (secondary N) is 3. The molecule has 7 heteroatoms. The lowest BCUT2D eigenvalue weighted by atomic mass is 9.91. The van der Waals surface area contributed by atoms with E-state index in [0.717, 1.165) is 25.7 Å². The van der Waals surface area contributed by atoms with Crippen LogP contribution in [0.2, 0.25) is 0 Å². The fourth-order valence-corrected chi connectivity index (χ4v) is 2.41. The molecule has 1 fully saturated rings. The molecule has 1 saturated carbocycles. The average molecular weight is 266 g/mol. The van der Waals surface area contributed by atoms with Gasteiger partial charge in [-0.1, -0.05) is 0 Å². The SMILES string of the molecule is CNC1CCC(NC(=O)c2ccc([N+](=O)[O-])[nH]2)CC1. The van der Waals surface area contributed by atoms with Crippen molar-refractivity contribution in [1.29, 1.82) is 0 Å². The van der Waals surface area contributed by atoms with Gasteiger partial charge in [-0.3, -0.25) is 4.79 Å². The summed E-state index contributed by atoms with van der Waals surface area (Å²) in [5, 5.41) is 16.7. The minimum absolute atomic E-state index is 0.152. The van der Waals surface area contributed by atoms with E-state index in [1.54, 1.807) is 0 Å². The smallest absolute Gasteiger partial charge is 0.321 e. The highest BCUT2D eigenvalue weighted by Gasteiger charge is 2.23. The van der Waals surface area contributed by atoms with Gasteiger partial charge in [-0.05, 0) is 43.7 Å². The van der Waals surface area contributed by atoms with Crippen LogP contribution in [-0.2, 0) is 0 Å². The van der Waals surface area contributed by atoms with Crippen molar-refractivity contribution in [2.45, 2.75) is 37.8 Å². The third kappa shape index (κ3) is 3.31. The van der Waals surface area contributed by atoms with Crippen molar-refractivity contribution in [2.24, 2.45) is 0 Å². The largest absolute Gasteiger partial charge is 0.358 e. The molecule has 1 aliphatic rings. The number of nitro groups is 1. The molecule has 0 spiro atoms. The molecular weight excluding hydrogens is 248 g/mol. The zero-order chi connectivity index (χ0) is 13.8. The summed E-state index contributed by atoms with van der Waals surface area (Å²) in [5.74, 6) is -0.440. The van der Waals surface area contributed by atoms with Gasteiger partial charge >= 0.3 is 5.82 Å². The van der Waals surface area contributed by atoms with Gasteiger partial charge in [0.2, 0.25) is 0 Å². The zero-order valence-electron chi connectivity index (χ0n) is 10.8. The second-order valence-corrected chi connectivity index (χ2v) is 4.83. The second-order valence-electron chi connectivity index (χ2n) is 4.83. The monoisotopic (exact) mass is 266 g/mol. The maximum Gasteiger partial charge on any atom is 0.321 e. The predicted molar refractivity (Wildman–Crippen MR) is 70.0 cm³/mol. The Hall–Kier alpha value is -1.89. The lowest BCUT2D eigenvalue weighted by Crippen LogP contribution is -2.41. The highest BCUT2D eigenvalue weighted by Crippen LogP contribution is 2.19. The first-order valence-electron chi connectivity index (χ1n) is 6.41. The first-order chi connectivity index (χ1) is 9.10. The van der Waals surface area contributed by atoms with E-state index in [9.17, 15) is 14.9 Å². The molecule has 0 atom stereocenters. The Morgan fingerprint density at radius 2 is 1.95 bits per heavy atom. The number of hydrogen-bond donors (Lipinski definition) is 3. The molecule has 0 aromatic carbocycles. The van der Waals surface area contributed by atoms with Crippen molar-refractivity contribution < 1.29 is 9.72 Å². The van der Waals surface area contributed by atoms with Crippen molar-refractivity contribution in [3.8, 4) is 0 Å². The molecule has 19 heavy (non-hydrogen) atoms. The molecule has 1 heterocycles. The Kier molecular flexibility index (Phi) is 4.16. The van der Waals surface area contributed by atoms with E-state index in [1.165, 1.54) is 12.1 Å². The number of amides is 1. The molecule has 1 aromatic rings. The highest BCUT2D eigenvalue weighted by atomic mass is 16.6. The summed E-state index contributed by atoms with van der Waals surface area (Å²) in [5.41, 5.74) is 0.238. The van der Waals surface area contributed by atoms with E-state index in [2.05, 4.69) is 15.6 Å². The molecule has 1 amide bonds. The summed E-state index contributed by atoms with van der Waals surface area (Å²) in [6.45, 7) is 0. The zero-order valence-corrected chi connectivity index (χ0v) is 10.8. The molecule has 1 aliphatic carbocycles. The molecule has 3 N–H and O–H groups in total. The minimum atomic E-state index is -0.547. The Balaban J connectivity index is 1.88. The van der Waals surface area contributed by atoms with Gasteiger partial charge in [0, 0.05) is 18.2 Å². The van der Waals surface area contributed by atoms with Gasteiger partial charge in [0.15, 0.2) is 5.69 Å². The molecule has 0 radical (unpaired) electrons. The summed E-state index contributed by atoms with van der Waals surface area (Å²) in [6.07, 6.45) is 3.93. The number of H-pyrrole nitrogens is 1. The minimum Gasteiger partial charge on any atom is -0.358 e. The van der Waals surface area contributed by atoms with Gasteiger partial charge < -0.3 is 20.7 Å². The fraction of sp³-hybridized carbons (Fsp3) is 0.583. The number of aromatic amines is 1. The van der Waals surface area contributed by atoms with Crippen LogP contribution >= 0.6 is 0 Å². The van der Waals surface area contributed by atoms with Crippen LogP contribution in [0.25, 0.3) is 0 Å². The van der Waals surface area contributed by atoms with Crippen LogP contribution in [0.3, 0.4) is 0 Å². The van der Waals surface area contributed by atoms with E-state index in [-0.39, 0.29) is 23.5 Å². The van der Waals surface area contributed by atoms with Crippen LogP contribution < -0.4 is 10.6 Å². The summed E-state index contributed by atoms with van der Waals surface area (Å²) in [7, 11) is 1.95.